The van der Waals surface area contributed by atoms with Crippen molar-refractivity contribution in [2.45, 2.75) is 39.5 Å². The van der Waals surface area contributed by atoms with E-state index in [-0.39, 0.29) is 5.97 Å². The minimum Gasteiger partial charge on any atom is -0.466 e. The number of hydrogen-bond donors (Lipinski definition) is 1. The number of para-hydroxylation sites is 1. The molecule has 1 aromatic rings. The second-order valence-electron chi connectivity index (χ2n) is 5.15. The largest absolute Gasteiger partial charge is 0.466 e. The van der Waals surface area contributed by atoms with Crippen LogP contribution >= 0.6 is 0 Å². The Kier molecular flexibility index (Phi) is 7.71. The quantitative estimate of drug-likeness (QED) is 0.543. The fourth-order valence-electron chi connectivity index (χ4n) is 1.77. The maximum atomic E-state index is 11.4. The van der Waals surface area contributed by atoms with Crippen LogP contribution in [0.15, 0.2) is 30.3 Å². The molecule has 0 aliphatic rings. The van der Waals surface area contributed by atoms with E-state index in [4.69, 9.17) is 4.74 Å². The third-order valence-electron chi connectivity index (χ3n) is 2.85. The molecule has 19 heavy (non-hydrogen) atoms. The average molecular weight is 263 g/mol. The highest BCUT2D eigenvalue weighted by atomic mass is 16.5. The Morgan fingerprint density at radius 1 is 1.21 bits per heavy atom. The number of rotatable bonds is 9. The lowest BCUT2D eigenvalue weighted by Gasteiger charge is -2.07. The van der Waals surface area contributed by atoms with Crippen molar-refractivity contribution in [1.29, 1.82) is 0 Å². The number of esters is 1. The zero-order valence-corrected chi connectivity index (χ0v) is 12.0. The Bertz CT molecular complexity index is 349. The molecule has 0 fully saturated rings. The van der Waals surface area contributed by atoms with E-state index in [1.807, 2.05) is 30.3 Å². The first-order valence-corrected chi connectivity index (χ1v) is 7.13. The van der Waals surface area contributed by atoms with Crippen molar-refractivity contribution in [2.75, 3.05) is 18.5 Å². The SMILES string of the molecule is CC(C)CCCOC(=O)CCCNc1ccccc1. The van der Waals surface area contributed by atoms with Gasteiger partial charge in [0.05, 0.1) is 6.61 Å². The topological polar surface area (TPSA) is 38.3 Å². The maximum Gasteiger partial charge on any atom is 0.305 e. The summed E-state index contributed by atoms with van der Waals surface area (Å²) in [5.41, 5.74) is 1.09. The summed E-state index contributed by atoms with van der Waals surface area (Å²) >= 11 is 0. The fraction of sp³-hybridized carbons (Fsp3) is 0.562. The van der Waals surface area contributed by atoms with Gasteiger partial charge in [-0.2, -0.15) is 0 Å². The summed E-state index contributed by atoms with van der Waals surface area (Å²) in [6.07, 6.45) is 3.37. The van der Waals surface area contributed by atoms with Crippen LogP contribution in [0.3, 0.4) is 0 Å². The van der Waals surface area contributed by atoms with Gasteiger partial charge in [0.2, 0.25) is 0 Å². The number of carbonyl (C=O) groups excluding carboxylic acids is 1. The molecule has 1 rings (SSSR count). The Balaban J connectivity index is 1.98. The van der Waals surface area contributed by atoms with Gasteiger partial charge in [-0.1, -0.05) is 32.0 Å². The highest BCUT2D eigenvalue weighted by Gasteiger charge is 2.02. The standard InChI is InChI=1S/C16H25NO2/c1-14(2)8-7-13-19-16(18)11-6-12-17-15-9-4-3-5-10-15/h3-5,9-10,14,17H,6-8,11-13H2,1-2H3. The average Bonchev–Trinajstić information content (AvgIpc) is 2.41. The van der Waals surface area contributed by atoms with Gasteiger partial charge in [0, 0.05) is 18.7 Å². The summed E-state index contributed by atoms with van der Waals surface area (Å²) < 4.78 is 5.18. The van der Waals surface area contributed by atoms with Crippen LogP contribution < -0.4 is 5.32 Å². The molecular weight excluding hydrogens is 238 g/mol. The minimum atomic E-state index is -0.0846. The number of nitrogens with one attached hydrogen (secondary N) is 1. The predicted molar refractivity (Wildman–Crippen MR) is 79.2 cm³/mol. The monoisotopic (exact) mass is 263 g/mol. The molecule has 1 aromatic carbocycles. The summed E-state index contributed by atoms with van der Waals surface area (Å²) in [4.78, 5) is 11.4. The van der Waals surface area contributed by atoms with Gasteiger partial charge in [-0.3, -0.25) is 4.79 Å². The van der Waals surface area contributed by atoms with Crippen LogP contribution in [0.5, 0.6) is 0 Å². The molecule has 0 atom stereocenters. The van der Waals surface area contributed by atoms with Crippen molar-refractivity contribution >= 4 is 11.7 Å². The summed E-state index contributed by atoms with van der Waals surface area (Å²) in [5.74, 6) is 0.590. The first-order valence-electron chi connectivity index (χ1n) is 7.13. The molecule has 0 aromatic heterocycles. The van der Waals surface area contributed by atoms with E-state index in [0.29, 0.717) is 18.9 Å². The summed E-state index contributed by atoms with van der Waals surface area (Å²) in [6.45, 7) is 5.71. The molecule has 0 spiro atoms. The molecular formula is C16H25NO2. The van der Waals surface area contributed by atoms with E-state index >= 15 is 0 Å². The van der Waals surface area contributed by atoms with Crippen LogP contribution in [0.4, 0.5) is 5.69 Å². The Morgan fingerprint density at radius 2 is 1.95 bits per heavy atom. The van der Waals surface area contributed by atoms with Gasteiger partial charge in [0.1, 0.15) is 0 Å². The van der Waals surface area contributed by atoms with Crippen molar-refractivity contribution in [3.05, 3.63) is 30.3 Å². The lowest BCUT2D eigenvalue weighted by Crippen LogP contribution is -2.09. The molecule has 0 aliphatic heterocycles. The van der Waals surface area contributed by atoms with Crippen molar-refractivity contribution in [3.63, 3.8) is 0 Å². The molecule has 0 saturated heterocycles. The van der Waals surface area contributed by atoms with Crippen molar-refractivity contribution in [1.82, 2.24) is 0 Å². The van der Waals surface area contributed by atoms with Gasteiger partial charge in [-0.05, 0) is 37.3 Å². The molecule has 1 N–H and O–H groups in total. The highest BCUT2D eigenvalue weighted by molar-refractivity contribution is 5.69. The first kappa shape index (κ1) is 15.5. The summed E-state index contributed by atoms with van der Waals surface area (Å²) in [6, 6.07) is 10.0. The normalized spacial score (nSPS) is 10.5. The third-order valence-corrected chi connectivity index (χ3v) is 2.85. The maximum absolute atomic E-state index is 11.4. The molecule has 106 valence electrons. The van der Waals surface area contributed by atoms with Crippen molar-refractivity contribution in [2.24, 2.45) is 5.92 Å². The lowest BCUT2D eigenvalue weighted by molar-refractivity contribution is -0.143. The van der Waals surface area contributed by atoms with Crippen LogP contribution in [0.25, 0.3) is 0 Å². The molecule has 0 saturated carbocycles. The van der Waals surface area contributed by atoms with Gasteiger partial charge in [-0.15, -0.1) is 0 Å². The van der Waals surface area contributed by atoms with E-state index in [0.717, 1.165) is 31.5 Å². The van der Waals surface area contributed by atoms with Crippen LogP contribution in [0, 0.1) is 5.92 Å². The molecule has 3 heteroatoms. The highest BCUT2D eigenvalue weighted by Crippen LogP contribution is 2.06. The van der Waals surface area contributed by atoms with Crippen LogP contribution in [0.2, 0.25) is 0 Å². The predicted octanol–water partition coefficient (Wildman–Crippen LogP) is 3.86. The van der Waals surface area contributed by atoms with Gasteiger partial charge in [-0.25, -0.2) is 0 Å². The van der Waals surface area contributed by atoms with Gasteiger partial charge in [0.15, 0.2) is 0 Å². The zero-order chi connectivity index (χ0) is 13.9. The lowest BCUT2D eigenvalue weighted by atomic mass is 10.1. The molecule has 0 amide bonds. The Morgan fingerprint density at radius 3 is 2.63 bits per heavy atom. The van der Waals surface area contributed by atoms with Crippen molar-refractivity contribution < 1.29 is 9.53 Å². The van der Waals surface area contributed by atoms with E-state index in [1.54, 1.807) is 0 Å². The molecule has 0 aliphatic carbocycles. The van der Waals surface area contributed by atoms with Crippen LogP contribution in [-0.2, 0) is 9.53 Å². The molecule has 3 nitrogen and oxygen atoms in total. The third kappa shape index (κ3) is 8.25. The molecule has 0 unspecified atom stereocenters. The molecule has 0 heterocycles. The van der Waals surface area contributed by atoms with E-state index in [2.05, 4.69) is 19.2 Å². The van der Waals surface area contributed by atoms with E-state index < -0.39 is 0 Å². The molecule has 0 radical (unpaired) electrons. The first-order chi connectivity index (χ1) is 9.18. The summed E-state index contributed by atoms with van der Waals surface area (Å²) in [5, 5.41) is 3.27. The van der Waals surface area contributed by atoms with E-state index in [1.165, 1.54) is 0 Å². The second-order valence-corrected chi connectivity index (χ2v) is 5.15. The number of carbonyl (C=O) groups is 1. The smallest absolute Gasteiger partial charge is 0.305 e. The van der Waals surface area contributed by atoms with Gasteiger partial charge < -0.3 is 10.1 Å². The summed E-state index contributed by atoms with van der Waals surface area (Å²) in [7, 11) is 0. The number of anilines is 1. The van der Waals surface area contributed by atoms with Crippen molar-refractivity contribution in [3.8, 4) is 0 Å². The zero-order valence-electron chi connectivity index (χ0n) is 12.0. The van der Waals surface area contributed by atoms with Gasteiger partial charge >= 0.3 is 5.97 Å². The van der Waals surface area contributed by atoms with Crippen LogP contribution in [0.1, 0.15) is 39.5 Å². The number of benzene rings is 1. The van der Waals surface area contributed by atoms with Crippen LogP contribution in [-0.4, -0.2) is 19.1 Å². The Hall–Kier alpha value is -1.51. The van der Waals surface area contributed by atoms with Gasteiger partial charge in [0.25, 0.3) is 0 Å². The number of ether oxygens (including phenoxy) is 1. The minimum absolute atomic E-state index is 0.0846. The number of hydrogen-bond acceptors (Lipinski definition) is 3. The second kappa shape index (κ2) is 9.42. The Labute approximate surface area is 116 Å². The molecule has 0 bridgehead atoms. The fourth-order valence-corrected chi connectivity index (χ4v) is 1.77. The van der Waals surface area contributed by atoms with E-state index in [9.17, 15) is 4.79 Å².